The molecule has 0 radical (unpaired) electrons. The van der Waals surface area contributed by atoms with Crippen LogP contribution in [0.25, 0.3) is 0 Å². The largest absolute Gasteiger partial charge is 0.445 e. The van der Waals surface area contributed by atoms with Crippen LogP contribution in [-0.2, 0) is 27.3 Å². The predicted octanol–water partition coefficient (Wildman–Crippen LogP) is 3.75. The number of halogens is 1. The van der Waals surface area contributed by atoms with Crippen LogP contribution in [0.1, 0.15) is 37.8 Å². The van der Waals surface area contributed by atoms with Gasteiger partial charge >= 0.3 is 6.09 Å². The molecule has 2 aromatic carbocycles. The number of hydrogen-bond donors (Lipinski definition) is 1. The number of nitrogens with two attached hydrogens (primary N) is 1. The minimum Gasteiger partial charge on any atom is -0.445 e. The molecular formula is C27H36FN3O4. The molecule has 8 heteroatoms. The van der Waals surface area contributed by atoms with E-state index < -0.39 is 12.1 Å². The second-order valence-electron chi connectivity index (χ2n) is 8.88. The Morgan fingerprint density at radius 3 is 2.54 bits per heavy atom. The predicted molar refractivity (Wildman–Crippen MR) is 132 cm³/mol. The number of carbonyl (C=O) groups excluding carboxylic acids is 2. The maximum absolute atomic E-state index is 13.3. The van der Waals surface area contributed by atoms with Gasteiger partial charge in [0.05, 0.1) is 6.10 Å². The maximum Gasteiger partial charge on any atom is 0.410 e. The summed E-state index contributed by atoms with van der Waals surface area (Å²) in [5, 5.41) is 0. The monoisotopic (exact) mass is 485 g/mol. The lowest BCUT2D eigenvalue weighted by atomic mass is 10.1. The molecule has 0 unspecified atom stereocenters. The zero-order valence-electron chi connectivity index (χ0n) is 20.6. The zero-order valence-corrected chi connectivity index (χ0v) is 20.6. The molecule has 0 saturated carbocycles. The average molecular weight is 486 g/mol. The molecule has 0 aromatic heterocycles. The highest BCUT2D eigenvalue weighted by Gasteiger charge is 2.35. The van der Waals surface area contributed by atoms with Gasteiger partial charge in [0.1, 0.15) is 18.5 Å². The van der Waals surface area contributed by atoms with Gasteiger partial charge in [0.25, 0.3) is 0 Å². The fourth-order valence-electron chi connectivity index (χ4n) is 4.31. The van der Waals surface area contributed by atoms with Crippen LogP contribution < -0.4 is 5.73 Å². The van der Waals surface area contributed by atoms with Gasteiger partial charge in [0, 0.05) is 32.3 Å². The van der Waals surface area contributed by atoms with Crippen molar-refractivity contribution in [2.45, 2.75) is 57.9 Å². The SMILES string of the molecule is CCO[C@H](C)[C@H](N)C(=O)N1CCC[C@H]1CN(CCc1ccc(F)cc1)C(=O)OCc1ccccc1. The van der Waals surface area contributed by atoms with Crippen molar-refractivity contribution in [2.75, 3.05) is 26.2 Å². The number of hydrogen-bond acceptors (Lipinski definition) is 5. The number of carbonyl (C=O) groups is 2. The number of ether oxygens (including phenoxy) is 2. The van der Waals surface area contributed by atoms with E-state index in [9.17, 15) is 14.0 Å². The Balaban J connectivity index is 1.68. The summed E-state index contributed by atoms with van der Waals surface area (Å²) in [6, 6.07) is 14.8. The molecule has 190 valence electrons. The van der Waals surface area contributed by atoms with E-state index in [1.807, 2.05) is 37.3 Å². The Kier molecular flexibility index (Phi) is 10.0. The first-order chi connectivity index (χ1) is 16.9. The number of likely N-dealkylation sites (tertiary alicyclic amines) is 1. The average Bonchev–Trinajstić information content (AvgIpc) is 3.34. The van der Waals surface area contributed by atoms with Crippen molar-refractivity contribution in [3.05, 3.63) is 71.5 Å². The van der Waals surface area contributed by atoms with Crippen molar-refractivity contribution in [1.29, 1.82) is 0 Å². The number of rotatable bonds is 11. The van der Waals surface area contributed by atoms with Crippen LogP contribution in [0.4, 0.5) is 9.18 Å². The lowest BCUT2D eigenvalue weighted by molar-refractivity contribution is -0.137. The standard InChI is InChI=1S/C27H36FN3O4/c1-3-34-20(2)25(29)26(32)31-16-7-10-24(31)18-30(17-15-21-11-13-23(28)14-12-21)27(33)35-19-22-8-5-4-6-9-22/h4-6,8-9,11-14,20,24-25H,3,7,10,15-19,29H2,1-2H3/t20-,24+,25+/m1/s1. The summed E-state index contributed by atoms with van der Waals surface area (Å²) in [7, 11) is 0. The Morgan fingerprint density at radius 1 is 1.14 bits per heavy atom. The third-order valence-corrected chi connectivity index (χ3v) is 6.36. The van der Waals surface area contributed by atoms with Crippen molar-refractivity contribution in [2.24, 2.45) is 5.73 Å². The van der Waals surface area contributed by atoms with E-state index in [1.165, 1.54) is 12.1 Å². The van der Waals surface area contributed by atoms with E-state index >= 15 is 0 Å². The maximum atomic E-state index is 13.3. The van der Waals surface area contributed by atoms with Gasteiger partial charge in [-0.2, -0.15) is 0 Å². The van der Waals surface area contributed by atoms with Crippen LogP contribution in [-0.4, -0.2) is 66.2 Å². The van der Waals surface area contributed by atoms with Gasteiger partial charge in [-0.1, -0.05) is 42.5 Å². The van der Waals surface area contributed by atoms with E-state index in [0.29, 0.717) is 32.7 Å². The summed E-state index contributed by atoms with van der Waals surface area (Å²) < 4.78 is 24.4. The van der Waals surface area contributed by atoms with Gasteiger partial charge in [-0.15, -0.1) is 0 Å². The van der Waals surface area contributed by atoms with Crippen molar-refractivity contribution < 1.29 is 23.5 Å². The van der Waals surface area contributed by atoms with E-state index in [4.69, 9.17) is 15.2 Å². The van der Waals surface area contributed by atoms with Crippen LogP contribution in [0.2, 0.25) is 0 Å². The van der Waals surface area contributed by atoms with E-state index in [0.717, 1.165) is 24.0 Å². The van der Waals surface area contributed by atoms with E-state index in [2.05, 4.69) is 0 Å². The number of amides is 2. The van der Waals surface area contributed by atoms with E-state index in [-0.39, 0.29) is 30.5 Å². The molecule has 3 rings (SSSR count). The molecule has 0 spiro atoms. The minimum atomic E-state index is -0.756. The molecule has 1 fully saturated rings. The molecule has 2 amide bonds. The van der Waals surface area contributed by atoms with Crippen LogP contribution in [0.3, 0.4) is 0 Å². The first-order valence-corrected chi connectivity index (χ1v) is 12.3. The molecule has 3 atom stereocenters. The van der Waals surface area contributed by atoms with Crippen molar-refractivity contribution in [1.82, 2.24) is 9.80 Å². The first-order valence-electron chi connectivity index (χ1n) is 12.3. The fraction of sp³-hybridized carbons (Fsp3) is 0.481. The number of benzene rings is 2. The smallest absolute Gasteiger partial charge is 0.410 e. The molecule has 7 nitrogen and oxygen atoms in total. The fourth-order valence-corrected chi connectivity index (χ4v) is 4.31. The molecule has 2 N–H and O–H groups in total. The summed E-state index contributed by atoms with van der Waals surface area (Å²) in [4.78, 5) is 29.6. The van der Waals surface area contributed by atoms with Gasteiger partial charge in [-0.3, -0.25) is 4.79 Å². The van der Waals surface area contributed by atoms with Crippen LogP contribution in [0, 0.1) is 5.82 Å². The Morgan fingerprint density at radius 2 is 1.86 bits per heavy atom. The molecule has 1 aliphatic heterocycles. The quantitative estimate of drug-likeness (QED) is 0.524. The molecular weight excluding hydrogens is 449 g/mol. The van der Waals surface area contributed by atoms with Gasteiger partial charge in [0.15, 0.2) is 0 Å². The van der Waals surface area contributed by atoms with Crippen molar-refractivity contribution in [3.63, 3.8) is 0 Å². The van der Waals surface area contributed by atoms with Crippen LogP contribution >= 0.6 is 0 Å². The Hall–Kier alpha value is -2.97. The summed E-state index contributed by atoms with van der Waals surface area (Å²) in [5.41, 5.74) is 8.00. The molecule has 35 heavy (non-hydrogen) atoms. The normalized spacial score (nSPS) is 17.1. The second-order valence-corrected chi connectivity index (χ2v) is 8.88. The van der Waals surface area contributed by atoms with Gasteiger partial charge in [-0.25, -0.2) is 9.18 Å². The highest BCUT2D eigenvalue weighted by atomic mass is 19.1. The van der Waals surface area contributed by atoms with E-state index in [1.54, 1.807) is 28.9 Å². The summed E-state index contributed by atoms with van der Waals surface area (Å²) in [6.07, 6.45) is 1.33. The first kappa shape index (κ1) is 26.6. The van der Waals surface area contributed by atoms with Crippen molar-refractivity contribution >= 4 is 12.0 Å². The molecule has 1 aliphatic rings. The third kappa shape index (κ3) is 7.77. The molecule has 0 aliphatic carbocycles. The summed E-state index contributed by atoms with van der Waals surface area (Å²) >= 11 is 0. The molecule has 0 bridgehead atoms. The molecule has 2 aromatic rings. The Labute approximate surface area is 207 Å². The lowest BCUT2D eigenvalue weighted by Gasteiger charge is -2.33. The minimum absolute atomic E-state index is 0.153. The van der Waals surface area contributed by atoms with Crippen LogP contribution in [0.5, 0.6) is 0 Å². The van der Waals surface area contributed by atoms with Gasteiger partial charge in [-0.05, 0) is 56.4 Å². The molecule has 1 saturated heterocycles. The van der Waals surface area contributed by atoms with Crippen molar-refractivity contribution in [3.8, 4) is 0 Å². The highest BCUT2D eigenvalue weighted by Crippen LogP contribution is 2.21. The zero-order chi connectivity index (χ0) is 25.2. The Bertz CT molecular complexity index is 941. The lowest BCUT2D eigenvalue weighted by Crippen LogP contribution is -2.54. The van der Waals surface area contributed by atoms with Crippen LogP contribution in [0.15, 0.2) is 54.6 Å². The summed E-state index contributed by atoms with van der Waals surface area (Å²) in [5.74, 6) is -0.463. The topological polar surface area (TPSA) is 85.1 Å². The molecule has 1 heterocycles. The number of nitrogens with zero attached hydrogens (tertiary/aromatic N) is 2. The highest BCUT2D eigenvalue weighted by molar-refractivity contribution is 5.83. The summed E-state index contributed by atoms with van der Waals surface area (Å²) in [6.45, 7) is 5.64. The second kappa shape index (κ2) is 13.2. The third-order valence-electron chi connectivity index (χ3n) is 6.36. The van der Waals surface area contributed by atoms with Gasteiger partial charge < -0.3 is 25.0 Å². The van der Waals surface area contributed by atoms with Gasteiger partial charge in [0.2, 0.25) is 5.91 Å².